The zero-order valence-electron chi connectivity index (χ0n) is 16.9. The number of ketones is 1. The van der Waals surface area contributed by atoms with Crippen LogP contribution in [0, 0.1) is 20.2 Å². The number of nitrogens with zero attached hydrogens (tertiary/aromatic N) is 3. The smallest absolute Gasteiger partial charge is 0.303 e. The van der Waals surface area contributed by atoms with Crippen LogP contribution in [0.4, 0.5) is 11.4 Å². The summed E-state index contributed by atoms with van der Waals surface area (Å²) in [7, 11) is 0. The number of hydrogen-bond acceptors (Lipinski definition) is 8. The molecule has 1 amide bonds. The van der Waals surface area contributed by atoms with Crippen LogP contribution in [0.3, 0.4) is 0 Å². The van der Waals surface area contributed by atoms with Crippen molar-refractivity contribution >= 4 is 34.8 Å². The highest BCUT2D eigenvalue weighted by molar-refractivity contribution is 6.46. The number of benzene rings is 2. The number of carbonyl (C=O) groups excluding carboxylic acids is 2. The van der Waals surface area contributed by atoms with Crippen molar-refractivity contribution in [2.24, 2.45) is 0 Å². The molecule has 2 aromatic rings. The van der Waals surface area contributed by atoms with E-state index in [1.165, 1.54) is 36.4 Å². The van der Waals surface area contributed by atoms with Crippen molar-refractivity contribution in [1.82, 2.24) is 4.90 Å². The molecular formula is C21H17N3O9. The van der Waals surface area contributed by atoms with Crippen LogP contribution in [0.5, 0.6) is 0 Å². The Labute approximate surface area is 185 Å². The van der Waals surface area contributed by atoms with Crippen molar-refractivity contribution < 1.29 is 34.4 Å². The van der Waals surface area contributed by atoms with Crippen LogP contribution in [0.15, 0.2) is 54.1 Å². The number of carbonyl (C=O) groups is 3. The van der Waals surface area contributed by atoms with Gasteiger partial charge in [0.25, 0.3) is 23.1 Å². The first-order valence-corrected chi connectivity index (χ1v) is 9.61. The summed E-state index contributed by atoms with van der Waals surface area (Å²) in [5.74, 6) is -3.66. The molecule has 1 aliphatic heterocycles. The van der Waals surface area contributed by atoms with Crippen molar-refractivity contribution in [2.45, 2.75) is 18.9 Å². The molecule has 170 valence electrons. The number of non-ortho nitro benzene ring substituents is 2. The van der Waals surface area contributed by atoms with E-state index in [2.05, 4.69) is 0 Å². The predicted octanol–water partition coefficient (Wildman–Crippen LogP) is 2.79. The standard InChI is InChI=1S/C21H17N3O9/c25-16(26)2-1-11-22-18(12-3-7-14(8-4-12)23(30)31)17(20(28)21(22)29)19(27)13-5-9-15(10-6-13)24(32)33/h3-10,18,27H,1-2,11H2,(H,25,26)/t18-/m1/s1. The molecule has 12 heteroatoms. The summed E-state index contributed by atoms with van der Waals surface area (Å²) in [5, 5.41) is 41.6. The fourth-order valence-electron chi connectivity index (χ4n) is 3.53. The van der Waals surface area contributed by atoms with Crippen LogP contribution in [-0.2, 0) is 14.4 Å². The summed E-state index contributed by atoms with van der Waals surface area (Å²) >= 11 is 0. The average Bonchev–Trinajstić information content (AvgIpc) is 3.03. The van der Waals surface area contributed by atoms with Gasteiger partial charge in [-0.3, -0.25) is 34.6 Å². The van der Waals surface area contributed by atoms with Gasteiger partial charge < -0.3 is 15.1 Å². The summed E-state index contributed by atoms with van der Waals surface area (Å²) in [6.45, 7) is -0.116. The molecule has 0 radical (unpaired) electrons. The van der Waals surface area contributed by atoms with Gasteiger partial charge in [-0.2, -0.15) is 0 Å². The van der Waals surface area contributed by atoms with Gasteiger partial charge in [-0.1, -0.05) is 0 Å². The fraction of sp³-hybridized carbons (Fsp3) is 0.190. The third kappa shape index (κ3) is 4.69. The minimum absolute atomic E-state index is 0.0312. The highest BCUT2D eigenvalue weighted by Crippen LogP contribution is 2.40. The zero-order chi connectivity index (χ0) is 24.3. The molecule has 0 unspecified atom stereocenters. The van der Waals surface area contributed by atoms with Gasteiger partial charge in [0.15, 0.2) is 0 Å². The van der Waals surface area contributed by atoms with E-state index in [9.17, 15) is 39.7 Å². The highest BCUT2D eigenvalue weighted by atomic mass is 16.6. The van der Waals surface area contributed by atoms with E-state index >= 15 is 0 Å². The van der Waals surface area contributed by atoms with E-state index in [0.29, 0.717) is 5.56 Å². The first kappa shape index (κ1) is 23.1. The zero-order valence-corrected chi connectivity index (χ0v) is 16.9. The fourth-order valence-corrected chi connectivity index (χ4v) is 3.53. The normalized spacial score (nSPS) is 17.2. The Bertz CT molecular complexity index is 1170. The lowest BCUT2D eigenvalue weighted by Crippen LogP contribution is -2.31. The second-order valence-electron chi connectivity index (χ2n) is 7.14. The van der Waals surface area contributed by atoms with E-state index in [0.717, 1.165) is 17.0 Å². The number of nitro benzene ring substituents is 2. The van der Waals surface area contributed by atoms with Crippen LogP contribution in [0.25, 0.3) is 5.76 Å². The summed E-state index contributed by atoms with van der Waals surface area (Å²) < 4.78 is 0. The molecule has 3 rings (SSSR count). The Balaban J connectivity index is 2.10. The summed E-state index contributed by atoms with van der Waals surface area (Å²) in [6.07, 6.45) is -0.234. The number of likely N-dealkylation sites (tertiary alicyclic amines) is 1. The molecule has 12 nitrogen and oxygen atoms in total. The molecule has 33 heavy (non-hydrogen) atoms. The number of aliphatic hydroxyl groups is 1. The number of nitro groups is 2. The molecule has 0 saturated carbocycles. The van der Waals surface area contributed by atoms with Crippen LogP contribution < -0.4 is 0 Å². The first-order valence-electron chi connectivity index (χ1n) is 9.61. The minimum Gasteiger partial charge on any atom is -0.507 e. The van der Waals surface area contributed by atoms with Gasteiger partial charge in [-0.05, 0) is 36.2 Å². The van der Waals surface area contributed by atoms with Crippen molar-refractivity contribution in [3.63, 3.8) is 0 Å². The average molecular weight is 455 g/mol. The summed E-state index contributed by atoms with van der Waals surface area (Å²) in [5.41, 5.74) is -0.433. The lowest BCUT2D eigenvalue weighted by molar-refractivity contribution is -0.385. The lowest BCUT2D eigenvalue weighted by atomic mass is 9.95. The van der Waals surface area contributed by atoms with E-state index in [-0.39, 0.29) is 41.9 Å². The number of hydrogen-bond donors (Lipinski definition) is 2. The van der Waals surface area contributed by atoms with Crippen LogP contribution in [0.1, 0.15) is 30.0 Å². The molecule has 2 N–H and O–H groups in total. The van der Waals surface area contributed by atoms with E-state index < -0.39 is 39.3 Å². The predicted molar refractivity (Wildman–Crippen MR) is 112 cm³/mol. The van der Waals surface area contributed by atoms with Crippen molar-refractivity contribution in [2.75, 3.05) is 6.54 Å². The number of rotatable bonds is 8. The quantitative estimate of drug-likeness (QED) is 0.199. The SMILES string of the molecule is O=C(O)CCCN1C(=O)C(=O)C(=C(O)c2ccc([N+](=O)[O-])cc2)[C@H]1c1ccc([N+](=O)[O-])cc1. The lowest BCUT2D eigenvalue weighted by Gasteiger charge is -2.25. The topological polar surface area (TPSA) is 181 Å². The number of aliphatic carboxylic acids is 1. The van der Waals surface area contributed by atoms with Gasteiger partial charge in [-0.25, -0.2) is 0 Å². The Morgan fingerprint density at radius 2 is 1.42 bits per heavy atom. The van der Waals surface area contributed by atoms with Gasteiger partial charge in [-0.15, -0.1) is 0 Å². The molecule has 1 aliphatic rings. The third-order valence-electron chi connectivity index (χ3n) is 5.10. The Morgan fingerprint density at radius 1 is 0.909 bits per heavy atom. The molecule has 1 heterocycles. The maximum atomic E-state index is 12.8. The Hall–Kier alpha value is -4.61. The molecule has 1 atom stereocenters. The molecule has 2 aromatic carbocycles. The monoisotopic (exact) mass is 455 g/mol. The maximum absolute atomic E-state index is 12.8. The first-order chi connectivity index (χ1) is 15.6. The number of carboxylic acid groups (broad SMARTS) is 1. The van der Waals surface area contributed by atoms with Crippen LogP contribution in [-0.4, -0.2) is 49.2 Å². The van der Waals surface area contributed by atoms with Crippen LogP contribution >= 0.6 is 0 Å². The van der Waals surface area contributed by atoms with Gasteiger partial charge in [0.1, 0.15) is 5.76 Å². The molecular weight excluding hydrogens is 438 g/mol. The third-order valence-corrected chi connectivity index (χ3v) is 5.10. The molecule has 0 aromatic heterocycles. The second kappa shape index (κ2) is 9.26. The molecule has 1 saturated heterocycles. The maximum Gasteiger partial charge on any atom is 0.303 e. The highest BCUT2D eigenvalue weighted by Gasteiger charge is 2.45. The second-order valence-corrected chi connectivity index (χ2v) is 7.14. The Kier molecular flexibility index (Phi) is 6.47. The van der Waals surface area contributed by atoms with Gasteiger partial charge >= 0.3 is 5.97 Å². The molecule has 0 spiro atoms. The molecule has 0 bridgehead atoms. The number of carboxylic acids is 1. The summed E-state index contributed by atoms with van der Waals surface area (Å²) in [4.78, 5) is 58.1. The largest absolute Gasteiger partial charge is 0.507 e. The van der Waals surface area contributed by atoms with Gasteiger partial charge in [0.05, 0.1) is 21.5 Å². The van der Waals surface area contributed by atoms with Crippen molar-refractivity contribution in [3.8, 4) is 0 Å². The Morgan fingerprint density at radius 3 is 1.91 bits per heavy atom. The van der Waals surface area contributed by atoms with Crippen molar-refractivity contribution in [1.29, 1.82) is 0 Å². The number of aliphatic hydroxyl groups excluding tert-OH is 1. The van der Waals surface area contributed by atoms with Crippen LogP contribution in [0.2, 0.25) is 0 Å². The minimum atomic E-state index is -1.13. The van der Waals surface area contributed by atoms with E-state index in [4.69, 9.17) is 5.11 Å². The number of amides is 1. The summed E-state index contributed by atoms with van der Waals surface area (Å²) in [6, 6.07) is 8.59. The van der Waals surface area contributed by atoms with Crippen molar-refractivity contribution in [3.05, 3.63) is 85.5 Å². The van der Waals surface area contributed by atoms with E-state index in [1.807, 2.05) is 0 Å². The molecule has 1 fully saturated rings. The molecule has 0 aliphatic carbocycles. The van der Waals surface area contributed by atoms with Gasteiger partial charge in [0, 0.05) is 42.8 Å². The van der Waals surface area contributed by atoms with Gasteiger partial charge in [0.2, 0.25) is 0 Å². The van der Waals surface area contributed by atoms with E-state index in [1.54, 1.807) is 0 Å². The number of Topliss-reactive ketones (excluding diaryl/α,β-unsaturated/α-hetero) is 1.